The molecule has 0 spiro atoms. The van der Waals surface area contributed by atoms with Crippen molar-refractivity contribution in [1.82, 2.24) is 5.32 Å². The molecule has 2 rings (SSSR count). The van der Waals surface area contributed by atoms with E-state index in [0.717, 1.165) is 13.2 Å². The molecular weight excluding hydrogens is 401 g/mol. The maximum Gasteiger partial charge on any atom is 0.326 e. The molecule has 0 bridgehead atoms. The minimum absolute atomic E-state index is 0.00597. The summed E-state index contributed by atoms with van der Waals surface area (Å²) >= 11 is 11.7. The van der Waals surface area contributed by atoms with Crippen molar-refractivity contribution in [2.75, 3.05) is 19.5 Å². The number of imide groups is 1. The first-order valence-electron chi connectivity index (χ1n) is 7.24. The van der Waals surface area contributed by atoms with Gasteiger partial charge in [-0.3, -0.25) is 20.2 Å². The number of halogens is 2. The molecule has 0 saturated carbocycles. The standard InChI is InChI=1S/C16H13Cl2N3O6/c1-26-12-4-3-11(21(24)25)14(27-2)13(12)15(22)20-16(23)19-10-6-8(17)5-9(18)7-10/h3-7H,1-2H3,(H2,19,20,22,23). The van der Waals surface area contributed by atoms with E-state index in [0.29, 0.717) is 0 Å². The monoisotopic (exact) mass is 413 g/mol. The summed E-state index contributed by atoms with van der Waals surface area (Å²) in [5, 5.41) is 16.1. The lowest BCUT2D eigenvalue weighted by Gasteiger charge is -2.13. The van der Waals surface area contributed by atoms with Crippen molar-refractivity contribution in [3.63, 3.8) is 0 Å². The van der Waals surface area contributed by atoms with Crippen LogP contribution in [-0.2, 0) is 0 Å². The van der Waals surface area contributed by atoms with E-state index in [1.54, 1.807) is 0 Å². The molecule has 2 aromatic rings. The number of rotatable bonds is 5. The van der Waals surface area contributed by atoms with Crippen LogP contribution in [0.2, 0.25) is 10.0 Å². The van der Waals surface area contributed by atoms with Gasteiger partial charge >= 0.3 is 11.7 Å². The largest absolute Gasteiger partial charge is 0.496 e. The van der Waals surface area contributed by atoms with E-state index < -0.39 is 22.5 Å². The van der Waals surface area contributed by atoms with Crippen LogP contribution in [0, 0.1) is 10.1 Å². The van der Waals surface area contributed by atoms with Crippen LogP contribution < -0.4 is 20.1 Å². The van der Waals surface area contributed by atoms with Crippen molar-refractivity contribution >= 4 is 46.5 Å². The van der Waals surface area contributed by atoms with Crippen molar-refractivity contribution in [2.24, 2.45) is 0 Å². The number of nitro benzene ring substituents is 1. The van der Waals surface area contributed by atoms with E-state index in [1.165, 1.54) is 31.4 Å². The molecule has 2 N–H and O–H groups in total. The number of carbonyl (C=O) groups is 2. The molecule has 0 aliphatic carbocycles. The second kappa shape index (κ2) is 8.56. The average Bonchev–Trinajstić information content (AvgIpc) is 2.58. The molecule has 0 aromatic heterocycles. The molecular formula is C16H13Cl2N3O6. The third-order valence-corrected chi connectivity index (χ3v) is 3.73. The molecule has 0 aliphatic heterocycles. The summed E-state index contributed by atoms with van der Waals surface area (Å²) in [5.41, 5.74) is -0.505. The molecule has 0 aliphatic rings. The van der Waals surface area contributed by atoms with Gasteiger partial charge in [-0.2, -0.15) is 0 Å². The Morgan fingerprint density at radius 2 is 1.70 bits per heavy atom. The van der Waals surface area contributed by atoms with E-state index in [-0.39, 0.29) is 32.8 Å². The summed E-state index contributed by atoms with van der Waals surface area (Å²) in [4.78, 5) is 35.0. The lowest BCUT2D eigenvalue weighted by atomic mass is 10.1. The van der Waals surface area contributed by atoms with Crippen molar-refractivity contribution in [2.45, 2.75) is 0 Å². The van der Waals surface area contributed by atoms with Crippen molar-refractivity contribution in [3.8, 4) is 11.5 Å². The van der Waals surface area contributed by atoms with Crippen LogP contribution in [0.5, 0.6) is 11.5 Å². The van der Waals surface area contributed by atoms with Gasteiger partial charge in [0.15, 0.2) is 0 Å². The molecule has 0 saturated heterocycles. The van der Waals surface area contributed by atoms with Crippen LogP contribution in [-0.4, -0.2) is 31.1 Å². The summed E-state index contributed by atoms with van der Waals surface area (Å²) in [5.74, 6) is -1.30. The molecule has 11 heteroatoms. The van der Waals surface area contributed by atoms with Crippen LogP contribution in [0.15, 0.2) is 30.3 Å². The number of ether oxygens (including phenoxy) is 2. The Kier molecular flexibility index (Phi) is 6.43. The van der Waals surface area contributed by atoms with Gasteiger partial charge in [0.1, 0.15) is 11.3 Å². The minimum atomic E-state index is -0.960. The number of urea groups is 1. The normalized spacial score (nSPS) is 10.1. The van der Waals surface area contributed by atoms with Crippen LogP contribution in [0.3, 0.4) is 0 Å². The van der Waals surface area contributed by atoms with Crippen molar-refractivity contribution in [3.05, 3.63) is 56.1 Å². The van der Waals surface area contributed by atoms with Gasteiger partial charge < -0.3 is 14.8 Å². The Labute approximate surface area is 163 Å². The fourth-order valence-corrected chi connectivity index (χ4v) is 2.77. The van der Waals surface area contributed by atoms with Gasteiger partial charge in [-0.05, 0) is 24.3 Å². The Bertz CT molecular complexity index is 899. The highest BCUT2D eigenvalue weighted by atomic mass is 35.5. The summed E-state index contributed by atoms with van der Waals surface area (Å²) < 4.78 is 10.0. The molecule has 0 fully saturated rings. The van der Waals surface area contributed by atoms with Gasteiger partial charge in [0, 0.05) is 21.8 Å². The maximum atomic E-state index is 12.5. The number of methoxy groups -OCH3 is 2. The molecule has 9 nitrogen and oxygen atoms in total. The second-order valence-corrected chi connectivity index (χ2v) is 5.89. The minimum Gasteiger partial charge on any atom is -0.496 e. The summed E-state index contributed by atoms with van der Waals surface area (Å²) in [6, 6.07) is 5.76. The first-order valence-corrected chi connectivity index (χ1v) is 8.00. The van der Waals surface area contributed by atoms with Gasteiger partial charge in [0.2, 0.25) is 5.75 Å². The number of nitro groups is 1. The third-order valence-electron chi connectivity index (χ3n) is 3.29. The third kappa shape index (κ3) is 4.78. The van der Waals surface area contributed by atoms with Gasteiger partial charge in [0.25, 0.3) is 5.91 Å². The summed E-state index contributed by atoms with van der Waals surface area (Å²) in [7, 11) is 2.43. The molecule has 0 radical (unpaired) electrons. The number of anilines is 1. The smallest absolute Gasteiger partial charge is 0.326 e. The van der Waals surface area contributed by atoms with Crippen LogP contribution in [0.4, 0.5) is 16.2 Å². The number of hydrogen-bond donors (Lipinski definition) is 2. The van der Waals surface area contributed by atoms with Crippen molar-refractivity contribution in [1.29, 1.82) is 0 Å². The first kappa shape index (κ1) is 20.3. The second-order valence-electron chi connectivity index (χ2n) is 5.02. The fraction of sp³-hybridized carbons (Fsp3) is 0.125. The van der Waals surface area contributed by atoms with Crippen LogP contribution >= 0.6 is 23.2 Å². The quantitative estimate of drug-likeness (QED) is 0.566. The lowest BCUT2D eigenvalue weighted by molar-refractivity contribution is -0.385. The first-order chi connectivity index (χ1) is 12.8. The number of amides is 3. The maximum absolute atomic E-state index is 12.5. The number of nitrogens with one attached hydrogen (secondary N) is 2. The number of hydrogen-bond acceptors (Lipinski definition) is 6. The predicted molar refractivity (Wildman–Crippen MR) is 99.1 cm³/mol. The zero-order valence-corrected chi connectivity index (χ0v) is 15.6. The Hall–Kier alpha value is -3.04. The highest BCUT2D eigenvalue weighted by Gasteiger charge is 2.28. The van der Waals surface area contributed by atoms with E-state index in [4.69, 9.17) is 32.7 Å². The van der Waals surface area contributed by atoms with Gasteiger partial charge in [-0.15, -0.1) is 0 Å². The van der Waals surface area contributed by atoms with E-state index in [1.807, 2.05) is 5.32 Å². The average molecular weight is 414 g/mol. The van der Waals surface area contributed by atoms with E-state index >= 15 is 0 Å². The topological polar surface area (TPSA) is 120 Å². The molecule has 0 heterocycles. The van der Waals surface area contributed by atoms with E-state index in [2.05, 4.69) is 5.32 Å². The predicted octanol–water partition coefficient (Wildman–Crippen LogP) is 3.88. The Balaban J connectivity index is 2.30. The fourth-order valence-electron chi connectivity index (χ4n) is 2.24. The van der Waals surface area contributed by atoms with Gasteiger partial charge in [-0.1, -0.05) is 23.2 Å². The highest BCUT2D eigenvalue weighted by molar-refractivity contribution is 6.35. The zero-order valence-electron chi connectivity index (χ0n) is 14.0. The molecule has 0 unspecified atom stereocenters. The lowest BCUT2D eigenvalue weighted by Crippen LogP contribution is -2.34. The molecule has 3 amide bonds. The number of carbonyl (C=O) groups excluding carboxylic acids is 2. The molecule has 142 valence electrons. The molecule has 27 heavy (non-hydrogen) atoms. The summed E-state index contributed by atoms with van der Waals surface area (Å²) in [6.45, 7) is 0. The number of benzene rings is 2. The summed E-state index contributed by atoms with van der Waals surface area (Å²) in [6.07, 6.45) is 0. The Morgan fingerprint density at radius 3 is 2.22 bits per heavy atom. The van der Waals surface area contributed by atoms with Gasteiger partial charge in [-0.25, -0.2) is 4.79 Å². The highest BCUT2D eigenvalue weighted by Crippen LogP contribution is 2.37. The van der Waals surface area contributed by atoms with Crippen molar-refractivity contribution < 1.29 is 24.0 Å². The Morgan fingerprint density at radius 1 is 1.07 bits per heavy atom. The van der Waals surface area contributed by atoms with Crippen LogP contribution in [0.25, 0.3) is 0 Å². The zero-order chi connectivity index (χ0) is 20.1. The SMILES string of the molecule is COc1ccc([N+](=O)[O-])c(OC)c1C(=O)NC(=O)Nc1cc(Cl)cc(Cl)c1. The number of nitrogens with zero attached hydrogens (tertiary/aromatic N) is 1. The van der Waals surface area contributed by atoms with Crippen LogP contribution in [0.1, 0.15) is 10.4 Å². The van der Waals surface area contributed by atoms with Gasteiger partial charge in [0.05, 0.1) is 19.1 Å². The molecule has 2 aromatic carbocycles. The molecule has 0 atom stereocenters. The van der Waals surface area contributed by atoms with E-state index in [9.17, 15) is 19.7 Å².